The first-order valence-electron chi connectivity index (χ1n) is 10.2. The number of hydrogen-bond donors (Lipinski definition) is 0. The monoisotopic (exact) mass is 384 g/mol. The Morgan fingerprint density at radius 3 is 2.39 bits per heavy atom. The third-order valence-corrected chi connectivity index (χ3v) is 5.90. The molecule has 4 rings (SSSR count). The van der Waals surface area contributed by atoms with Crippen LogP contribution in [-0.2, 0) is 25.7 Å². The molecule has 150 valence electrons. The molecule has 0 aliphatic carbocycles. The van der Waals surface area contributed by atoms with Crippen LogP contribution >= 0.6 is 0 Å². The van der Waals surface area contributed by atoms with Crippen LogP contribution < -0.4 is 0 Å². The van der Waals surface area contributed by atoms with Gasteiger partial charge in [-0.25, -0.2) is 0 Å². The predicted octanol–water partition coefficient (Wildman–Crippen LogP) is 1.85. The zero-order chi connectivity index (χ0) is 19.5. The molecule has 1 aromatic rings. The van der Waals surface area contributed by atoms with Gasteiger partial charge in [0.05, 0.1) is 18.1 Å². The normalized spacial score (nSPS) is 29.2. The lowest BCUT2D eigenvalue weighted by molar-refractivity contribution is -0.156. The molecule has 2 bridgehead atoms. The van der Waals surface area contributed by atoms with E-state index in [2.05, 4.69) is 11.8 Å². The van der Waals surface area contributed by atoms with Crippen LogP contribution in [0.2, 0.25) is 0 Å². The summed E-state index contributed by atoms with van der Waals surface area (Å²) in [5, 5.41) is 0. The SMILES string of the molecule is CCCN1CCN(C(=O)C2C(C(=O)OCc3ccccc3)[C@H]3C=C[C@@H]2O3)CC1. The highest BCUT2D eigenvalue weighted by molar-refractivity contribution is 5.88. The topological polar surface area (TPSA) is 59.1 Å². The van der Waals surface area contributed by atoms with Crippen molar-refractivity contribution in [2.45, 2.75) is 32.2 Å². The Balaban J connectivity index is 1.40. The number of amides is 1. The number of esters is 1. The summed E-state index contributed by atoms with van der Waals surface area (Å²) in [6.45, 7) is 6.65. The lowest BCUT2D eigenvalue weighted by atomic mass is 9.82. The molecule has 2 saturated heterocycles. The predicted molar refractivity (Wildman–Crippen MR) is 104 cm³/mol. The molecule has 0 spiro atoms. The van der Waals surface area contributed by atoms with E-state index in [0.29, 0.717) is 13.1 Å². The quantitative estimate of drug-likeness (QED) is 0.553. The van der Waals surface area contributed by atoms with E-state index >= 15 is 0 Å². The van der Waals surface area contributed by atoms with Crippen LogP contribution in [0.15, 0.2) is 42.5 Å². The van der Waals surface area contributed by atoms with E-state index in [9.17, 15) is 9.59 Å². The molecular weight excluding hydrogens is 356 g/mol. The Morgan fingerprint density at radius 2 is 1.71 bits per heavy atom. The van der Waals surface area contributed by atoms with Gasteiger partial charge in [-0.15, -0.1) is 0 Å². The summed E-state index contributed by atoms with van der Waals surface area (Å²) in [6, 6.07) is 9.59. The number of carbonyl (C=O) groups is 2. The summed E-state index contributed by atoms with van der Waals surface area (Å²) in [4.78, 5) is 30.3. The highest BCUT2D eigenvalue weighted by Gasteiger charge is 2.54. The van der Waals surface area contributed by atoms with Gasteiger partial charge in [0.2, 0.25) is 5.91 Å². The fourth-order valence-electron chi connectivity index (χ4n) is 4.43. The molecule has 4 atom stereocenters. The van der Waals surface area contributed by atoms with Crippen molar-refractivity contribution < 1.29 is 19.1 Å². The van der Waals surface area contributed by atoms with Crippen LogP contribution in [0.25, 0.3) is 0 Å². The van der Waals surface area contributed by atoms with Crippen LogP contribution in [0.5, 0.6) is 0 Å². The molecule has 3 aliphatic heterocycles. The van der Waals surface area contributed by atoms with Crippen molar-refractivity contribution in [3.8, 4) is 0 Å². The summed E-state index contributed by atoms with van der Waals surface area (Å²) in [6.07, 6.45) is 4.25. The zero-order valence-electron chi connectivity index (χ0n) is 16.3. The van der Waals surface area contributed by atoms with Crippen molar-refractivity contribution >= 4 is 11.9 Å². The number of fused-ring (bicyclic) bond motifs is 2. The molecule has 0 radical (unpaired) electrons. The van der Waals surface area contributed by atoms with Gasteiger partial charge in [0.15, 0.2) is 0 Å². The lowest BCUT2D eigenvalue weighted by Gasteiger charge is -2.37. The number of benzene rings is 1. The second-order valence-corrected chi connectivity index (χ2v) is 7.76. The molecule has 0 N–H and O–H groups in total. The second-order valence-electron chi connectivity index (χ2n) is 7.76. The van der Waals surface area contributed by atoms with Gasteiger partial charge in [-0.3, -0.25) is 14.5 Å². The average Bonchev–Trinajstić information content (AvgIpc) is 3.35. The van der Waals surface area contributed by atoms with Crippen molar-refractivity contribution in [3.05, 3.63) is 48.0 Å². The summed E-state index contributed by atoms with van der Waals surface area (Å²) in [5.74, 6) is -1.35. The van der Waals surface area contributed by atoms with E-state index in [4.69, 9.17) is 9.47 Å². The molecule has 6 nitrogen and oxygen atoms in total. The fraction of sp³-hybridized carbons (Fsp3) is 0.545. The van der Waals surface area contributed by atoms with Gasteiger partial charge in [0.25, 0.3) is 0 Å². The molecule has 6 heteroatoms. The summed E-state index contributed by atoms with van der Waals surface area (Å²) in [7, 11) is 0. The Hall–Kier alpha value is -2.18. The first kappa shape index (κ1) is 19.2. The molecule has 1 aromatic carbocycles. The molecule has 0 aromatic heterocycles. The zero-order valence-corrected chi connectivity index (χ0v) is 16.3. The second kappa shape index (κ2) is 8.45. The minimum absolute atomic E-state index is 0.0228. The first-order valence-corrected chi connectivity index (χ1v) is 10.2. The Morgan fingerprint density at radius 1 is 1.04 bits per heavy atom. The number of carbonyl (C=O) groups excluding carboxylic acids is 2. The van der Waals surface area contributed by atoms with Crippen molar-refractivity contribution in [3.63, 3.8) is 0 Å². The van der Waals surface area contributed by atoms with Gasteiger partial charge in [0.1, 0.15) is 12.5 Å². The molecule has 0 saturated carbocycles. The van der Waals surface area contributed by atoms with Gasteiger partial charge >= 0.3 is 5.97 Å². The summed E-state index contributed by atoms with van der Waals surface area (Å²) in [5.41, 5.74) is 0.936. The molecule has 3 aliphatic rings. The average molecular weight is 384 g/mol. The van der Waals surface area contributed by atoms with Crippen LogP contribution in [0.3, 0.4) is 0 Å². The van der Waals surface area contributed by atoms with Crippen molar-refractivity contribution in [2.75, 3.05) is 32.7 Å². The molecular formula is C22H28N2O4. The molecule has 3 heterocycles. The van der Waals surface area contributed by atoms with E-state index in [1.165, 1.54) is 0 Å². The number of ether oxygens (including phenoxy) is 2. The van der Waals surface area contributed by atoms with Crippen LogP contribution in [-0.4, -0.2) is 66.6 Å². The minimum Gasteiger partial charge on any atom is -0.460 e. The molecule has 1 amide bonds. The molecule has 28 heavy (non-hydrogen) atoms. The van der Waals surface area contributed by atoms with E-state index in [-0.39, 0.29) is 30.7 Å². The maximum Gasteiger partial charge on any atom is 0.313 e. The van der Waals surface area contributed by atoms with Gasteiger partial charge in [0, 0.05) is 26.2 Å². The molecule has 2 fully saturated rings. The lowest BCUT2D eigenvalue weighted by Crippen LogP contribution is -2.53. The van der Waals surface area contributed by atoms with E-state index < -0.39 is 11.8 Å². The number of nitrogens with zero attached hydrogens (tertiary/aromatic N) is 2. The van der Waals surface area contributed by atoms with Gasteiger partial charge in [-0.1, -0.05) is 49.4 Å². The van der Waals surface area contributed by atoms with Crippen LogP contribution in [0, 0.1) is 11.8 Å². The van der Waals surface area contributed by atoms with E-state index in [0.717, 1.165) is 31.6 Å². The Kier molecular flexibility index (Phi) is 5.78. The minimum atomic E-state index is -0.556. The van der Waals surface area contributed by atoms with Crippen molar-refractivity contribution in [1.29, 1.82) is 0 Å². The maximum absolute atomic E-state index is 13.2. The van der Waals surface area contributed by atoms with Gasteiger partial charge in [-0.2, -0.15) is 0 Å². The maximum atomic E-state index is 13.2. The molecule has 2 unspecified atom stereocenters. The third kappa shape index (κ3) is 3.84. The Bertz CT molecular complexity index is 727. The summed E-state index contributed by atoms with van der Waals surface area (Å²) >= 11 is 0. The Labute approximate surface area is 166 Å². The number of rotatable bonds is 6. The third-order valence-electron chi connectivity index (χ3n) is 5.90. The summed E-state index contributed by atoms with van der Waals surface area (Å²) < 4.78 is 11.4. The van der Waals surface area contributed by atoms with Gasteiger partial charge in [-0.05, 0) is 18.5 Å². The van der Waals surface area contributed by atoms with Crippen molar-refractivity contribution in [1.82, 2.24) is 9.80 Å². The van der Waals surface area contributed by atoms with Crippen molar-refractivity contribution in [2.24, 2.45) is 11.8 Å². The largest absolute Gasteiger partial charge is 0.460 e. The van der Waals surface area contributed by atoms with Gasteiger partial charge < -0.3 is 14.4 Å². The fourth-order valence-corrected chi connectivity index (χ4v) is 4.43. The van der Waals surface area contributed by atoms with E-state index in [1.807, 2.05) is 47.4 Å². The van der Waals surface area contributed by atoms with Crippen LogP contribution in [0.4, 0.5) is 0 Å². The standard InChI is InChI=1S/C22H28N2O4/c1-2-10-23-11-13-24(14-12-23)21(25)19-17-8-9-18(28-17)20(19)22(26)27-15-16-6-4-3-5-7-16/h3-9,17-20H,2,10-15H2,1H3/t17-,18+,19?,20?/m0/s1. The van der Waals surface area contributed by atoms with E-state index in [1.54, 1.807) is 0 Å². The number of hydrogen-bond acceptors (Lipinski definition) is 5. The smallest absolute Gasteiger partial charge is 0.313 e. The van der Waals surface area contributed by atoms with Crippen LogP contribution in [0.1, 0.15) is 18.9 Å². The highest BCUT2D eigenvalue weighted by atomic mass is 16.5. The first-order chi connectivity index (χ1) is 13.7. The number of piperazine rings is 1. The highest BCUT2D eigenvalue weighted by Crippen LogP contribution is 2.41.